The van der Waals surface area contributed by atoms with Crippen LogP contribution in [0.4, 0.5) is 10.1 Å². The molecule has 0 atom stereocenters. The van der Waals surface area contributed by atoms with Gasteiger partial charge < -0.3 is 15.0 Å². The SMILES string of the molecule is COc1c(C#N)ccc(N2CCNCC2)c1F. The van der Waals surface area contributed by atoms with Crippen molar-refractivity contribution in [1.29, 1.82) is 5.26 Å². The Hall–Kier alpha value is -1.80. The van der Waals surface area contributed by atoms with Gasteiger partial charge in [-0.05, 0) is 12.1 Å². The highest BCUT2D eigenvalue weighted by Gasteiger charge is 2.19. The summed E-state index contributed by atoms with van der Waals surface area (Å²) in [4.78, 5) is 1.95. The summed E-state index contributed by atoms with van der Waals surface area (Å²) in [6.07, 6.45) is 0. The number of nitrogens with one attached hydrogen (secondary N) is 1. The summed E-state index contributed by atoms with van der Waals surface area (Å²) in [5.41, 5.74) is 0.728. The Balaban J connectivity index is 2.38. The van der Waals surface area contributed by atoms with Crippen molar-refractivity contribution in [2.45, 2.75) is 0 Å². The number of methoxy groups -OCH3 is 1. The van der Waals surface area contributed by atoms with Crippen molar-refractivity contribution in [1.82, 2.24) is 5.32 Å². The van der Waals surface area contributed by atoms with Gasteiger partial charge >= 0.3 is 0 Å². The van der Waals surface area contributed by atoms with Crippen molar-refractivity contribution < 1.29 is 9.13 Å². The van der Waals surface area contributed by atoms with E-state index in [1.807, 2.05) is 11.0 Å². The first-order chi connectivity index (χ1) is 8.27. The van der Waals surface area contributed by atoms with Gasteiger partial charge in [0.2, 0.25) is 0 Å². The van der Waals surface area contributed by atoms with Crippen molar-refractivity contribution in [3.8, 4) is 11.8 Å². The van der Waals surface area contributed by atoms with Crippen LogP contribution in [0.1, 0.15) is 5.56 Å². The van der Waals surface area contributed by atoms with E-state index in [1.165, 1.54) is 7.11 Å². The van der Waals surface area contributed by atoms with E-state index in [0.717, 1.165) is 26.2 Å². The molecule has 90 valence electrons. The number of ether oxygens (including phenoxy) is 1. The van der Waals surface area contributed by atoms with Crippen LogP contribution in [-0.2, 0) is 0 Å². The molecule has 1 heterocycles. The minimum absolute atomic E-state index is 0.0310. The molecule has 0 radical (unpaired) electrons. The van der Waals surface area contributed by atoms with E-state index in [0.29, 0.717) is 5.69 Å². The number of anilines is 1. The molecule has 5 heteroatoms. The molecule has 1 saturated heterocycles. The van der Waals surface area contributed by atoms with Crippen molar-refractivity contribution >= 4 is 5.69 Å². The number of halogens is 1. The fraction of sp³-hybridized carbons (Fsp3) is 0.417. The van der Waals surface area contributed by atoms with Gasteiger partial charge in [0.25, 0.3) is 0 Å². The van der Waals surface area contributed by atoms with Crippen LogP contribution in [0, 0.1) is 17.1 Å². The lowest BCUT2D eigenvalue weighted by atomic mass is 10.1. The smallest absolute Gasteiger partial charge is 0.189 e. The number of nitriles is 1. The molecule has 0 spiro atoms. The van der Waals surface area contributed by atoms with Crippen LogP contribution in [0.2, 0.25) is 0 Å². The summed E-state index contributed by atoms with van der Waals surface area (Å²) < 4.78 is 19.1. The van der Waals surface area contributed by atoms with Crippen LogP contribution in [0.3, 0.4) is 0 Å². The van der Waals surface area contributed by atoms with E-state index < -0.39 is 5.82 Å². The van der Waals surface area contributed by atoms with Gasteiger partial charge in [-0.1, -0.05) is 0 Å². The number of nitrogens with zero attached hydrogens (tertiary/aromatic N) is 2. The molecular formula is C12H14FN3O. The highest BCUT2D eigenvalue weighted by Crippen LogP contribution is 2.30. The number of rotatable bonds is 2. The Morgan fingerprint density at radius 1 is 1.41 bits per heavy atom. The molecule has 1 N–H and O–H groups in total. The van der Waals surface area contributed by atoms with Gasteiger partial charge in [0.05, 0.1) is 18.4 Å². The second-order valence-corrected chi connectivity index (χ2v) is 3.83. The number of piperazine rings is 1. The minimum atomic E-state index is -0.451. The van der Waals surface area contributed by atoms with E-state index in [9.17, 15) is 4.39 Å². The first-order valence-corrected chi connectivity index (χ1v) is 5.50. The summed E-state index contributed by atoms with van der Waals surface area (Å²) in [6.45, 7) is 3.18. The van der Waals surface area contributed by atoms with Crippen LogP contribution < -0.4 is 15.0 Å². The third-order valence-corrected chi connectivity index (χ3v) is 2.86. The molecule has 1 aliphatic heterocycles. The lowest BCUT2D eigenvalue weighted by Gasteiger charge is -2.30. The number of hydrogen-bond acceptors (Lipinski definition) is 4. The summed E-state index contributed by atoms with van der Waals surface area (Å²) in [5.74, 6) is -0.419. The van der Waals surface area contributed by atoms with Crippen LogP contribution in [0.15, 0.2) is 12.1 Å². The predicted octanol–water partition coefficient (Wildman–Crippen LogP) is 1.12. The molecule has 2 rings (SSSR count). The maximum absolute atomic E-state index is 14.2. The summed E-state index contributed by atoms with van der Waals surface area (Å²) in [5, 5.41) is 12.1. The Labute approximate surface area is 99.6 Å². The second kappa shape index (κ2) is 5.02. The molecule has 1 aromatic carbocycles. The predicted molar refractivity (Wildman–Crippen MR) is 62.7 cm³/mol. The zero-order valence-corrected chi connectivity index (χ0v) is 9.66. The molecule has 0 saturated carbocycles. The molecule has 0 aromatic heterocycles. The maximum atomic E-state index is 14.2. The highest BCUT2D eigenvalue weighted by molar-refractivity contribution is 5.58. The summed E-state index contributed by atoms with van der Waals surface area (Å²) in [7, 11) is 1.38. The number of hydrogen-bond donors (Lipinski definition) is 1. The van der Waals surface area contributed by atoms with Crippen LogP contribution in [0.5, 0.6) is 5.75 Å². The van der Waals surface area contributed by atoms with E-state index >= 15 is 0 Å². The molecule has 0 bridgehead atoms. The zero-order valence-electron chi connectivity index (χ0n) is 9.66. The van der Waals surface area contributed by atoms with E-state index in [-0.39, 0.29) is 11.3 Å². The molecule has 1 aromatic rings. The molecule has 1 fully saturated rings. The van der Waals surface area contributed by atoms with Crippen molar-refractivity contribution in [3.63, 3.8) is 0 Å². The zero-order chi connectivity index (χ0) is 12.3. The van der Waals surface area contributed by atoms with Crippen LogP contribution >= 0.6 is 0 Å². The lowest BCUT2D eigenvalue weighted by molar-refractivity contribution is 0.384. The van der Waals surface area contributed by atoms with Crippen LogP contribution in [0.25, 0.3) is 0 Å². The van der Waals surface area contributed by atoms with E-state index in [4.69, 9.17) is 10.00 Å². The molecule has 1 aliphatic rings. The second-order valence-electron chi connectivity index (χ2n) is 3.83. The van der Waals surface area contributed by atoms with E-state index in [1.54, 1.807) is 12.1 Å². The lowest BCUT2D eigenvalue weighted by Crippen LogP contribution is -2.43. The van der Waals surface area contributed by atoms with Gasteiger partial charge in [-0.15, -0.1) is 0 Å². The van der Waals surface area contributed by atoms with Crippen molar-refractivity contribution in [2.24, 2.45) is 0 Å². The van der Waals surface area contributed by atoms with Gasteiger partial charge in [-0.3, -0.25) is 0 Å². The van der Waals surface area contributed by atoms with Crippen molar-refractivity contribution in [3.05, 3.63) is 23.5 Å². The molecule has 0 aliphatic carbocycles. The molecular weight excluding hydrogens is 221 g/mol. The number of benzene rings is 1. The largest absolute Gasteiger partial charge is 0.492 e. The molecule has 4 nitrogen and oxygen atoms in total. The Kier molecular flexibility index (Phi) is 3.45. The Morgan fingerprint density at radius 2 is 2.12 bits per heavy atom. The Bertz CT molecular complexity index is 450. The van der Waals surface area contributed by atoms with Gasteiger partial charge in [0.15, 0.2) is 11.6 Å². The van der Waals surface area contributed by atoms with Crippen LogP contribution in [-0.4, -0.2) is 33.3 Å². The van der Waals surface area contributed by atoms with E-state index in [2.05, 4.69) is 5.32 Å². The quantitative estimate of drug-likeness (QED) is 0.834. The Morgan fingerprint density at radius 3 is 2.71 bits per heavy atom. The van der Waals surface area contributed by atoms with Gasteiger partial charge in [-0.25, -0.2) is 4.39 Å². The maximum Gasteiger partial charge on any atom is 0.189 e. The molecule has 0 unspecified atom stereocenters. The van der Waals surface area contributed by atoms with Gasteiger partial charge in [-0.2, -0.15) is 5.26 Å². The molecule has 17 heavy (non-hydrogen) atoms. The average Bonchev–Trinajstić information content (AvgIpc) is 2.39. The summed E-state index contributed by atoms with van der Waals surface area (Å²) >= 11 is 0. The monoisotopic (exact) mass is 235 g/mol. The molecule has 0 amide bonds. The van der Waals surface area contributed by atoms with Crippen molar-refractivity contribution in [2.75, 3.05) is 38.2 Å². The average molecular weight is 235 g/mol. The first kappa shape index (κ1) is 11.7. The summed E-state index contributed by atoms with van der Waals surface area (Å²) in [6, 6.07) is 5.16. The highest BCUT2D eigenvalue weighted by atomic mass is 19.1. The fourth-order valence-corrected chi connectivity index (χ4v) is 1.98. The third kappa shape index (κ3) is 2.17. The van der Waals surface area contributed by atoms with Gasteiger partial charge in [0.1, 0.15) is 6.07 Å². The first-order valence-electron chi connectivity index (χ1n) is 5.50. The third-order valence-electron chi connectivity index (χ3n) is 2.86. The normalized spacial score (nSPS) is 15.5. The fourth-order valence-electron chi connectivity index (χ4n) is 1.98. The van der Waals surface area contributed by atoms with Gasteiger partial charge in [0, 0.05) is 26.2 Å². The minimum Gasteiger partial charge on any atom is -0.492 e. The topological polar surface area (TPSA) is 48.3 Å². The standard InChI is InChI=1S/C12H14FN3O/c1-17-12-9(8-14)2-3-10(11(12)13)16-6-4-15-5-7-16/h2-3,15H,4-7H2,1H3.